The molecule has 30 heavy (non-hydrogen) atoms. The topological polar surface area (TPSA) is 113 Å². The van der Waals surface area contributed by atoms with Crippen molar-refractivity contribution in [3.8, 4) is 17.1 Å². The first-order chi connectivity index (χ1) is 14.5. The molecule has 1 amide bonds. The van der Waals surface area contributed by atoms with E-state index in [1.165, 1.54) is 17.4 Å². The van der Waals surface area contributed by atoms with Crippen molar-refractivity contribution in [2.45, 2.75) is 0 Å². The van der Waals surface area contributed by atoms with Crippen LogP contribution < -0.4 is 5.32 Å². The molecule has 0 bridgehead atoms. The number of benzene rings is 2. The molecule has 0 aliphatic heterocycles. The number of fused-ring (bicyclic) bond motifs is 2. The van der Waals surface area contributed by atoms with Crippen LogP contribution in [0.1, 0.15) is 20.7 Å². The Labute approximate surface area is 176 Å². The number of carboxylic acids is 1. The second-order valence-corrected chi connectivity index (χ2v) is 8.22. The number of anilines is 1. The molecule has 3 N–H and O–H groups in total. The molecule has 3 heterocycles. The van der Waals surface area contributed by atoms with Crippen molar-refractivity contribution in [2.24, 2.45) is 0 Å². The van der Waals surface area contributed by atoms with Crippen LogP contribution >= 0.6 is 22.7 Å². The van der Waals surface area contributed by atoms with E-state index in [0.29, 0.717) is 27.8 Å². The third-order valence-corrected chi connectivity index (χ3v) is 6.32. The van der Waals surface area contributed by atoms with Crippen molar-refractivity contribution in [1.82, 2.24) is 4.98 Å². The predicted octanol–water partition coefficient (Wildman–Crippen LogP) is 5.43. The van der Waals surface area contributed by atoms with Gasteiger partial charge in [0.15, 0.2) is 11.3 Å². The normalized spacial score (nSPS) is 11.2. The van der Waals surface area contributed by atoms with Crippen LogP contribution in [-0.4, -0.2) is 27.1 Å². The van der Waals surface area contributed by atoms with Gasteiger partial charge in [-0.05, 0) is 30.3 Å². The second-order valence-electron chi connectivity index (χ2n) is 6.45. The van der Waals surface area contributed by atoms with E-state index in [4.69, 9.17) is 4.42 Å². The van der Waals surface area contributed by atoms with Crippen molar-refractivity contribution >= 4 is 60.7 Å². The van der Waals surface area contributed by atoms with Gasteiger partial charge in [0.25, 0.3) is 5.91 Å². The number of phenolic OH excluding ortho intramolecular Hbond substituents is 1. The first-order valence-corrected chi connectivity index (χ1v) is 10.5. The second kappa shape index (κ2) is 6.97. The molecule has 0 radical (unpaired) electrons. The Kier molecular flexibility index (Phi) is 4.27. The average Bonchev–Trinajstić information content (AvgIpc) is 3.45. The van der Waals surface area contributed by atoms with Gasteiger partial charge in [-0.25, -0.2) is 9.78 Å². The van der Waals surface area contributed by atoms with Crippen LogP contribution in [0.4, 0.5) is 5.00 Å². The smallest absolute Gasteiger partial charge is 0.339 e. The van der Waals surface area contributed by atoms with Crippen LogP contribution in [0.15, 0.2) is 57.8 Å². The highest BCUT2D eigenvalue weighted by atomic mass is 32.1. The number of aromatic carboxylic acids is 1. The number of rotatable bonds is 4. The highest BCUT2D eigenvalue weighted by Gasteiger charge is 2.24. The summed E-state index contributed by atoms with van der Waals surface area (Å²) >= 11 is 2.57. The van der Waals surface area contributed by atoms with Crippen LogP contribution in [0.25, 0.3) is 32.5 Å². The molecule has 0 aliphatic rings. The number of hydrogen-bond donors (Lipinski definition) is 3. The largest absolute Gasteiger partial charge is 0.504 e. The number of thiophene rings is 1. The summed E-state index contributed by atoms with van der Waals surface area (Å²) in [6, 6.07) is 11.7. The lowest BCUT2D eigenvalue weighted by Crippen LogP contribution is -2.13. The lowest BCUT2D eigenvalue weighted by atomic mass is 10.1. The van der Waals surface area contributed by atoms with Gasteiger partial charge in [-0.3, -0.25) is 4.79 Å². The summed E-state index contributed by atoms with van der Waals surface area (Å²) in [7, 11) is 0. The number of aromatic nitrogens is 1. The van der Waals surface area contributed by atoms with Gasteiger partial charge in [0.1, 0.15) is 16.3 Å². The van der Waals surface area contributed by atoms with Crippen LogP contribution in [0.2, 0.25) is 0 Å². The molecule has 3 aromatic heterocycles. The van der Waals surface area contributed by atoms with Gasteiger partial charge in [-0.1, -0.05) is 12.1 Å². The number of carboxylic acid groups (broad SMARTS) is 1. The summed E-state index contributed by atoms with van der Waals surface area (Å²) in [5.41, 5.74) is 3.33. The van der Waals surface area contributed by atoms with E-state index in [2.05, 4.69) is 10.3 Å². The zero-order valence-electron chi connectivity index (χ0n) is 15.1. The Hall–Kier alpha value is -3.69. The lowest BCUT2D eigenvalue weighted by molar-refractivity contribution is 0.0699. The van der Waals surface area contributed by atoms with Gasteiger partial charge in [0.2, 0.25) is 0 Å². The molecule has 0 spiro atoms. The standard InChI is InChI=1S/C21H12N2O5S2/c24-14-3-1-2-10-7-15(28-18(10)14)12-8-29-20(17(12)21(26)27)23-19(25)11-4-5-16-13(6-11)22-9-30-16/h1-9,24H,(H,23,25)(H,26,27). The highest BCUT2D eigenvalue weighted by Crippen LogP contribution is 2.39. The number of hydrogen-bond acceptors (Lipinski definition) is 7. The van der Waals surface area contributed by atoms with Crippen molar-refractivity contribution < 1.29 is 24.2 Å². The number of phenols is 1. The van der Waals surface area contributed by atoms with Crippen molar-refractivity contribution in [3.05, 3.63) is 64.5 Å². The monoisotopic (exact) mass is 436 g/mol. The number of furan rings is 1. The van der Waals surface area contributed by atoms with Crippen LogP contribution in [-0.2, 0) is 0 Å². The molecule has 0 atom stereocenters. The number of nitrogens with one attached hydrogen (secondary N) is 1. The molecule has 0 aliphatic carbocycles. The fraction of sp³-hybridized carbons (Fsp3) is 0. The summed E-state index contributed by atoms with van der Waals surface area (Å²) in [5, 5.41) is 24.9. The van der Waals surface area contributed by atoms with Gasteiger partial charge in [0, 0.05) is 21.9 Å². The van der Waals surface area contributed by atoms with Gasteiger partial charge < -0.3 is 19.9 Å². The molecule has 0 saturated heterocycles. The van der Waals surface area contributed by atoms with Crippen molar-refractivity contribution in [3.63, 3.8) is 0 Å². The fourth-order valence-electron chi connectivity index (χ4n) is 3.20. The van der Waals surface area contributed by atoms with E-state index in [1.54, 1.807) is 47.3 Å². The zero-order valence-corrected chi connectivity index (χ0v) is 16.7. The van der Waals surface area contributed by atoms with Gasteiger partial charge in [0.05, 0.1) is 15.7 Å². The first-order valence-electron chi connectivity index (χ1n) is 8.72. The highest BCUT2D eigenvalue weighted by molar-refractivity contribution is 7.16. The maximum atomic E-state index is 12.7. The van der Waals surface area contributed by atoms with E-state index >= 15 is 0 Å². The van der Waals surface area contributed by atoms with Crippen LogP contribution in [0, 0.1) is 0 Å². The van der Waals surface area contributed by atoms with Gasteiger partial charge in [-0.15, -0.1) is 22.7 Å². The molecule has 0 fully saturated rings. The van der Waals surface area contributed by atoms with Gasteiger partial charge >= 0.3 is 5.97 Å². The third-order valence-electron chi connectivity index (χ3n) is 4.61. The summed E-state index contributed by atoms with van der Waals surface area (Å²) in [6.45, 7) is 0. The SMILES string of the molecule is O=C(Nc1scc(-c2cc3cccc(O)c3o2)c1C(=O)O)c1ccc2scnc2c1. The van der Waals surface area contributed by atoms with Gasteiger partial charge in [-0.2, -0.15) is 0 Å². The molecular weight excluding hydrogens is 424 g/mol. The number of carbonyl (C=O) groups excluding carboxylic acids is 1. The van der Waals surface area contributed by atoms with E-state index < -0.39 is 11.9 Å². The number of aromatic hydroxyl groups is 1. The molecule has 7 nitrogen and oxygen atoms in total. The molecule has 148 valence electrons. The maximum Gasteiger partial charge on any atom is 0.339 e. The van der Waals surface area contributed by atoms with E-state index in [9.17, 15) is 19.8 Å². The summed E-state index contributed by atoms with van der Waals surface area (Å²) < 4.78 is 6.65. The third kappa shape index (κ3) is 3.00. The predicted molar refractivity (Wildman–Crippen MR) is 116 cm³/mol. The number of nitrogens with zero attached hydrogens (tertiary/aromatic N) is 1. The molecule has 5 aromatic rings. The molecule has 9 heteroatoms. The van der Waals surface area contributed by atoms with E-state index in [-0.39, 0.29) is 21.9 Å². The fourth-order valence-corrected chi connectivity index (χ4v) is 4.79. The lowest BCUT2D eigenvalue weighted by Gasteiger charge is -2.05. The maximum absolute atomic E-state index is 12.7. The summed E-state index contributed by atoms with van der Waals surface area (Å²) in [6.07, 6.45) is 0. The Bertz CT molecular complexity index is 1450. The van der Waals surface area contributed by atoms with E-state index in [1.807, 2.05) is 0 Å². The zero-order chi connectivity index (χ0) is 20.8. The Morgan fingerprint density at radius 2 is 1.97 bits per heavy atom. The summed E-state index contributed by atoms with van der Waals surface area (Å²) in [4.78, 5) is 28.9. The minimum Gasteiger partial charge on any atom is -0.504 e. The molecule has 0 unspecified atom stereocenters. The number of carbonyl (C=O) groups is 2. The average molecular weight is 436 g/mol. The van der Waals surface area contributed by atoms with Crippen molar-refractivity contribution in [1.29, 1.82) is 0 Å². The molecule has 2 aromatic carbocycles. The minimum absolute atomic E-state index is 0.0307. The summed E-state index contributed by atoms with van der Waals surface area (Å²) in [5.74, 6) is -1.36. The Morgan fingerprint density at radius 3 is 2.77 bits per heavy atom. The number of amides is 1. The van der Waals surface area contributed by atoms with Crippen molar-refractivity contribution in [2.75, 3.05) is 5.32 Å². The minimum atomic E-state index is -1.19. The number of thiazole rings is 1. The Balaban J connectivity index is 1.52. The van der Waals surface area contributed by atoms with E-state index in [0.717, 1.165) is 16.0 Å². The molecule has 0 saturated carbocycles. The number of para-hydroxylation sites is 1. The Morgan fingerprint density at radius 1 is 1.10 bits per heavy atom. The van der Waals surface area contributed by atoms with Crippen LogP contribution in [0.5, 0.6) is 5.75 Å². The first kappa shape index (κ1) is 18.3. The molecule has 5 rings (SSSR count). The molecular formula is C21H12N2O5S2. The van der Waals surface area contributed by atoms with Crippen LogP contribution in [0.3, 0.4) is 0 Å². The quantitative estimate of drug-likeness (QED) is 0.346.